The number of aliphatic carboxylic acids is 1. The molecule has 0 aromatic carbocycles. The Labute approximate surface area is 90.6 Å². The number of hydrogen-bond acceptors (Lipinski definition) is 4. The number of fused-ring (bicyclic) bond motifs is 1. The summed E-state index contributed by atoms with van der Waals surface area (Å²) in [6.45, 7) is 1.92. The predicted octanol–water partition coefficient (Wildman–Crippen LogP) is 1.67. The molecule has 0 aromatic rings. The first-order valence-electron chi connectivity index (χ1n) is 4.18. The highest BCUT2D eigenvalue weighted by Gasteiger charge is 2.37. The van der Waals surface area contributed by atoms with Gasteiger partial charge in [0, 0.05) is 11.9 Å². The first-order valence-corrected chi connectivity index (χ1v) is 5.44. The van der Waals surface area contributed by atoms with Crippen molar-refractivity contribution in [1.29, 1.82) is 0 Å². The van der Waals surface area contributed by atoms with E-state index in [9.17, 15) is 4.79 Å². The summed E-state index contributed by atoms with van der Waals surface area (Å²) in [5, 5.41) is 12.1. The van der Waals surface area contributed by atoms with Gasteiger partial charge < -0.3 is 15.3 Å². The van der Waals surface area contributed by atoms with Crippen LogP contribution in [0.4, 0.5) is 0 Å². The molecule has 0 saturated carbocycles. The van der Waals surface area contributed by atoms with Crippen LogP contribution in [-0.4, -0.2) is 21.5 Å². The fraction of sp³-hybridized carbons (Fsp3) is 0.375. The van der Waals surface area contributed by atoms with Gasteiger partial charge in [0.25, 0.3) is 0 Å². The van der Waals surface area contributed by atoms with E-state index < -0.39 is 5.97 Å². The van der Waals surface area contributed by atoms with Gasteiger partial charge in [-0.15, -0.1) is 0 Å². The number of thioether (sulfide) groups is 1. The molecular weight excluding hydrogens is 224 g/mol. The topological polar surface area (TPSA) is 52.6 Å². The number of carbonyl (C=O) groups is 1. The van der Waals surface area contributed by atoms with Crippen LogP contribution in [0.2, 0.25) is 0 Å². The number of carboxylic acid groups (broad SMARTS) is 1. The normalized spacial score (nSPS) is 24.9. The van der Waals surface area contributed by atoms with Gasteiger partial charge in [0.15, 0.2) is 5.50 Å². The van der Waals surface area contributed by atoms with Crippen molar-refractivity contribution in [2.24, 2.45) is 0 Å². The van der Waals surface area contributed by atoms with E-state index in [1.54, 1.807) is 11.1 Å². The molecule has 0 bridgehead atoms. The van der Waals surface area contributed by atoms with E-state index in [0.29, 0.717) is 16.5 Å². The van der Waals surface area contributed by atoms with E-state index in [0.717, 1.165) is 5.70 Å². The molecule has 2 N–H and O–H groups in total. The minimum atomic E-state index is -0.917. The van der Waals surface area contributed by atoms with E-state index in [1.165, 1.54) is 11.8 Å². The minimum Gasteiger partial charge on any atom is -0.477 e. The highest BCUT2D eigenvalue weighted by atomic mass is 35.5. The molecule has 0 amide bonds. The van der Waals surface area contributed by atoms with Gasteiger partial charge in [-0.05, 0) is 6.42 Å². The third-order valence-electron chi connectivity index (χ3n) is 2.12. The summed E-state index contributed by atoms with van der Waals surface area (Å²) in [4.78, 5) is 12.7. The molecule has 2 rings (SSSR count). The smallest absolute Gasteiger partial charge is 0.354 e. The van der Waals surface area contributed by atoms with Crippen molar-refractivity contribution >= 4 is 29.3 Å². The molecule has 14 heavy (non-hydrogen) atoms. The molecule has 2 aliphatic heterocycles. The summed E-state index contributed by atoms with van der Waals surface area (Å²) in [7, 11) is 0. The van der Waals surface area contributed by atoms with Gasteiger partial charge in [-0.3, -0.25) is 0 Å². The van der Waals surface area contributed by atoms with E-state index in [-0.39, 0.29) is 5.50 Å². The lowest BCUT2D eigenvalue weighted by molar-refractivity contribution is -0.134. The summed E-state index contributed by atoms with van der Waals surface area (Å²) in [6, 6.07) is 0. The second-order valence-corrected chi connectivity index (χ2v) is 4.69. The Morgan fingerprint density at radius 2 is 2.57 bits per heavy atom. The largest absolute Gasteiger partial charge is 0.477 e. The number of rotatable bonds is 2. The van der Waals surface area contributed by atoms with Crippen LogP contribution < -0.4 is 5.32 Å². The molecule has 0 radical (unpaired) electrons. The van der Waals surface area contributed by atoms with Gasteiger partial charge in [-0.25, -0.2) is 4.79 Å². The Bertz CT molecular complexity index is 353. The van der Waals surface area contributed by atoms with Crippen LogP contribution in [0.5, 0.6) is 0 Å². The third-order valence-corrected chi connectivity index (χ3v) is 3.38. The Hall–Kier alpha value is -0.810. The maximum atomic E-state index is 11.0. The van der Waals surface area contributed by atoms with Crippen molar-refractivity contribution in [2.45, 2.75) is 18.8 Å². The lowest BCUT2D eigenvalue weighted by Crippen LogP contribution is -2.28. The molecule has 0 fully saturated rings. The molecule has 1 atom stereocenters. The third kappa shape index (κ3) is 1.36. The summed E-state index contributed by atoms with van der Waals surface area (Å²) in [6.07, 6.45) is 2.33. The number of allylic oxidation sites excluding steroid dienone is 1. The van der Waals surface area contributed by atoms with Crippen LogP contribution in [0.15, 0.2) is 22.0 Å². The molecule has 2 aliphatic rings. The molecule has 2 heterocycles. The zero-order chi connectivity index (χ0) is 10.3. The predicted molar refractivity (Wildman–Crippen MR) is 55.2 cm³/mol. The van der Waals surface area contributed by atoms with Crippen LogP contribution in [-0.2, 0) is 4.79 Å². The maximum Gasteiger partial charge on any atom is 0.354 e. The summed E-state index contributed by atoms with van der Waals surface area (Å²) in [5.41, 5.74) is 0.986. The lowest BCUT2D eigenvalue weighted by Gasteiger charge is -2.15. The Balaban J connectivity index is 2.35. The molecule has 6 heteroatoms. The number of carboxylic acids is 1. The minimum absolute atomic E-state index is 0.0800. The number of nitrogens with zero attached hydrogens (tertiary/aromatic N) is 1. The van der Waals surface area contributed by atoms with Crippen molar-refractivity contribution in [3.05, 3.63) is 22.0 Å². The van der Waals surface area contributed by atoms with Gasteiger partial charge >= 0.3 is 5.97 Å². The van der Waals surface area contributed by atoms with Crippen LogP contribution in [0.1, 0.15) is 13.3 Å². The van der Waals surface area contributed by atoms with Gasteiger partial charge in [0.05, 0.1) is 4.36 Å². The average molecular weight is 233 g/mol. The molecular formula is C8H9ClN2O2S. The van der Waals surface area contributed by atoms with E-state index in [4.69, 9.17) is 16.7 Å². The van der Waals surface area contributed by atoms with E-state index >= 15 is 0 Å². The van der Waals surface area contributed by atoms with Gasteiger partial charge in [0.1, 0.15) is 5.70 Å². The second kappa shape index (κ2) is 3.40. The number of halogens is 1. The monoisotopic (exact) mass is 232 g/mol. The molecule has 0 aromatic heterocycles. The van der Waals surface area contributed by atoms with Gasteiger partial charge in [-0.1, -0.05) is 30.3 Å². The fourth-order valence-corrected chi connectivity index (χ4v) is 2.76. The first-order chi connectivity index (χ1) is 6.63. The van der Waals surface area contributed by atoms with Crippen molar-refractivity contribution in [1.82, 2.24) is 10.2 Å². The van der Waals surface area contributed by atoms with Crippen LogP contribution >= 0.6 is 23.4 Å². The van der Waals surface area contributed by atoms with E-state index in [1.807, 2.05) is 6.92 Å². The SMILES string of the molecule is CCC1=C(C(=O)O)N2C=C(Cl)SC2N1. The Morgan fingerprint density at radius 1 is 1.86 bits per heavy atom. The lowest BCUT2D eigenvalue weighted by atomic mass is 10.3. The number of nitrogens with one attached hydrogen (secondary N) is 1. The van der Waals surface area contributed by atoms with Crippen LogP contribution in [0, 0.1) is 0 Å². The van der Waals surface area contributed by atoms with Crippen LogP contribution in [0.25, 0.3) is 0 Å². The zero-order valence-corrected chi connectivity index (χ0v) is 9.02. The highest BCUT2D eigenvalue weighted by molar-refractivity contribution is 8.05. The second-order valence-electron chi connectivity index (χ2n) is 2.94. The molecule has 0 aliphatic carbocycles. The Kier molecular flexibility index (Phi) is 2.36. The average Bonchev–Trinajstić information content (AvgIpc) is 2.58. The molecule has 0 saturated heterocycles. The van der Waals surface area contributed by atoms with Crippen LogP contribution in [0.3, 0.4) is 0 Å². The molecule has 76 valence electrons. The zero-order valence-electron chi connectivity index (χ0n) is 7.45. The summed E-state index contributed by atoms with van der Waals surface area (Å²) in [5.74, 6) is -0.917. The first kappa shape index (κ1) is 9.73. The highest BCUT2D eigenvalue weighted by Crippen LogP contribution is 2.40. The quantitative estimate of drug-likeness (QED) is 0.759. The maximum absolute atomic E-state index is 11.0. The van der Waals surface area contributed by atoms with Crippen molar-refractivity contribution < 1.29 is 9.90 Å². The Morgan fingerprint density at radius 3 is 3.14 bits per heavy atom. The summed E-state index contributed by atoms with van der Waals surface area (Å²) < 4.78 is 0.608. The van der Waals surface area contributed by atoms with Crippen molar-refractivity contribution in [3.63, 3.8) is 0 Å². The molecule has 1 unspecified atom stereocenters. The number of hydrogen-bond donors (Lipinski definition) is 2. The molecule has 0 spiro atoms. The van der Waals surface area contributed by atoms with E-state index in [2.05, 4.69) is 5.32 Å². The van der Waals surface area contributed by atoms with Gasteiger partial charge in [-0.2, -0.15) is 0 Å². The van der Waals surface area contributed by atoms with Gasteiger partial charge in [0.2, 0.25) is 0 Å². The fourth-order valence-electron chi connectivity index (χ4n) is 1.53. The standard InChI is InChI=1S/C8H9ClN2O2S/c1-2-4-6(7(12)13)11-3-5(9)14-8(11)10-4/h3,8,10H,2H2,1H3,(H,12,13). The van der Waals surface area contributed by atoms with Crippen molar-refractivity contribution in [2.75, 3.05) is 0 Å². The molecule has 4 nitrogen and oxygen atoms in total. The summed E-state index contributed by atoms with van der Waals surface area (Å²) >= 11 is 7.21. The van der Waals surface area contributed by atoms with Crippen molar-refractivity contribution in [3.8, 4) is 0 Å².